The molecule has 0 radical (unpaired) electrons. The van der Waals surface area contributed by atoms with E-state index in [9.17, 15) is 9.59 Å². The molecule has 1 N–H and O–H groups in total. The van der Waals surface area contributed by atoms with Crippen molar-refractivity contribution in [3.63, 3.8) is 0 Å². The van der Waals surface area contributed by atoms with Crippen LogP contribution in [0.3, 0.4) is 0 Å². The minimum absolute atomic E-state index is 0.276. The number of aryl methyl sites for hydroxylation is 1. The summed E-state index contributed by atoms with van der Waals surface area (Å²) in [4.78, 5) is 23.8. The Hall–Kier alpha value is -2.59. The first kappa shape index (κ1) is 19.7. The molecule has 136 valence electrons. The van der Waals surface area contributed by atoms with Crippen LogP contribution in [-0.2, 0) is 14.3 Å². The molecule has 0 aliphatic rings. The largest absolute Gasteiger partial charge is 0.452 e. The molecule has 0 aliphatic carbocycles. The van der Waals surface area contributed by atoms with Gasteiger partial charge in [-0.15, -0.1) is 0 Å². The van der Waals surface area contributed by atoms with Crippen LogP contribution in [0.5, 0.6) is 0 Å². The second-order valence-corrected chi connectivity index (χ2v) is 6.65. The number of anilines is 1. The van der Waals surface area contributed by atoms with Gasteiger partial charge in [0.05, 0.1) is 0 Å². The SMILES string of the molecule is Cc1ccc(/C=C/C(=O)OCC(=O)Nc2ccccc2C(C)C)cc1Cl. The average molecular weight is 372 g/mol. The minimum atomic E-state index is -0.589. The fourth-order valence-electron chi connectivity index (χ4n) is 2.36. The number of benzene rings is 2. The highest BCUT2D eigenvalue weighted by atomic mass is 35.5. The van der Waals surface area contributed by atoms with E-state index in [2.05, 4.69) is 5.32 Å². The maximum Gasteiger partial charge on any atom is 0.331 e. The molecule has 0 fully saturated rings. The zero-order chi connectivity index (χ0) is 19.1. The predicted molar refractivity (Wildman–Crippen MR) is 105 cm³/mol. The Morgan fingerprint density at radius 3 is 2.62 bits per heavy atom. The van der Waals surface area contributed by atoms with Crippen molar-refractivity contribution < 1.29 is 14.3 Å². The Morgan fingerprint density at radius 2 is 1.92 bits per heavy atom. The van der Waals surface area contributed by atoms with Crippen LogP contribution in [0.2, 0.25) is 5.02 Å². The molecule has 2 aromatic carbocycles. The molecule has 0 saturated heterocycles. The average Bonchev–Trinajstić information content (AvgIpc) is 2.61. The van der Waals surface area contributed by atoms with Gasteiger partial charge >= 0.3 is 5.97 Å². The first-order valence-corrected chi connectivity index (χ1v) is 8.74. The van der Waals surface area contributed by atoms with E-state index in [-0.39, 0.29) is 18.4 Å². The number of esters is 1. The molecule has 0 atom stereocenters. The molecule has 0 aliphatic heterocycles. The van der Waals surface area contributed by atoms with Gasteiger partial charge in [0.15, 0.2) is 6.61 Å². The molecule has 0 unspecified atom stereocenters. The lowest BCUT2D eigenvalue weighted by molar-refractivity contribution is -0.142. The number of amides is 1. The molecule has 0 saturated carbocycles. The van der Waals surface area contributed by atoms with Crippen molar-refractivity contribution >= 4 is 35.2 Å². The molecular weight excluding hydrogens is 350 g/mol. The van der Waals surface area contributed by atoms with Crippen LogP contribution in [-0.4, -0.2) is 18.5 Å². The highest BCUT2D eigenvalue weighted by Gasteiger charge is 2.10. The van der Waals surface area contributed by atoms with Crippen molar-refractivity contribution in [2.45, 2.75) is 26.7 Å². The number of hydrogen-bond acceptors (Lipinski definition) is 3. The summed E-state index contributed by atoms with van der Waals surface area (Å²) < 4.78 is 4.98. The second-order valence-electron chi connectivity index (χ2n) is 6.24. The molecule has 26 heavy (non-hydrogen) atoms. The fraction of sp³-hybridized carbons (Fsp3) is 0.238. The molecule has 1 amide bonds. The standard InChI is InChI=1S/C21H22ClNO3/c1-14(2)17-6-4-5-7-19(17)23-20(24)13-26-21(25)11-10-16-9-8-15(3)18(22)12-16/h4-12,14H,13H2,1-3H3,(H,23,24)/b11-10+. The molecule has 2 aromatic rings. The van der Waals surface area contributed by atoms with Crippen molar-refractivity contribution in [1.29, 1.82) is 0 Å². The van der Waals surface area contributed by atoms with Crippen LogP contribution in [0.4, 0.5) is 5.69 Å². The molecule has 0 spiro atoms. The first-order chi connectivity index (χ1) is 12.4. The Bertz CT molecular complexity index is 828. The molecule has 4 nitrogen and oxygen atoms in total. The Morgan fingerprint density at radius 1 is 1.19 bits per heavy atom. The lowest BCUT2D eigenvalue weighted by atomic mass is 10.0. The summed E-state index contributed by atoms with van der Waals surface area (Å²) in [7, 11) is 0. The van der Waals surface area contributed by atoms with Gasteiger partial charge in [-0.05, 0) is 47.7 Å². The van der Waals surface area contributed by atoms with Gasteiger partial charge in [-0.25, -0.2) is 4.79 Å². The number of halogens is 1. The summed E-state index contributed by atoms with van der Waals surface area (Å²) in [5.74, 6) is -0.689. The van der Waals surface area contributed by atoms with E-state index in [4.69, 9.17) is 16.3 Å². The van der Waals surface area contributed by atoms with Gasteiger partial charge in [-0.3, -0.25) is 4.79 Å². The number of carbonyl (C=O) groups is 2. The molecular formula is C21H22ClNO3. The minimum Gasteiger partial charge on any atom is -0.452 e. The van der Waals surface area contributed by atoms with Gasteiger partial charge in [0.25, 0.3) is 5.91 Å². The smallest absolute Gasteiger partial charge is 0.331 e. The maximum atomic E-state index is 12.0. The Kier molecular flexibility index (Phi) is 6.98. The van der Waals surface area contributed by atoms with Crippen LogP contribution < -0.4 is 5.32 Å². The Labute approximate surface area is 158 Å². The summed E-state index contributed by atoms with van der Waals surface area (Å²) in [5.41, 5.74) is 3.51. The molecule has 0 aromatic heterocycles. The zero-order valence-electron chi connectivity index (χ0n) is 15.1. The Balaban J connectivity index is 1.88. The predicted octanol–water partition coefficient (Wildman–Crippen LogP) is 4.97. The third kappa shape index (κ3) is 5.74. The van der Waals surface area contributed by atoms with E-state index in [0.29, 0.717) is 5.02 Å². The molecule has 5 heteroatoms. The summed E-state index contributed by atoms with van der Waals surface area (Å²) in [6.45, 7) is 5.66. The van der Waals surface area contributed by atoms with Gasteiger partial charge in [0.2, 0.25) is 0 Å². The van der Waals surface area contributed by atoms with Crippen molar-refractivity contribution in [3.8, 4) is 0 Å². The number of rotatable bonds is 6. The maximum absolute atomic E-state index is 12.0. The summed E-state index contributed by atoms with van der Waals surface area (Å²) in [6, 6.07) is 13.0. The van der Waals surface area contributed by atoms with Crippen molar-refractivity contribution in [1.82, 2.24) is 0 Å². The second kappa shape index (κ2) is 9.20. The number of carbonyl (C=O) groups excluding carboxylic acids is 2. The number of hydrogen-bond donors (Lipinski definition) is 1. The highest BCUT2D eigenvalue weighted by molar-refractivity contribution is 6.31. The summed E-state index contributed by atoms with van der Waals surface area (Å²) in [5, 5.41) is 3.41. The van der Waals surface area contributed by atoms with E-state index in [1.54, 1.807) is 12.1 Å². The third-order valence-corrected chi connectivity index (χ3v) is 4.22. The monoisotopic (exact) mass is 371 g/mol. The highest BCUT2D eigenvalue weighted by Crippen LogP contribution is 2.23. The van der Waals surface area contributed by atoms with Crippen LogP contribution >= 0.6 is 11.6 Å². The van der Waals surface area contributed by atoms with Crippen molar-refractivity contribution in [2.75, 3.05) is 11.9 Å². The van der Waals surface area contributed by atoms with Crippen LogP contribution in [0.15, 0.2) is 48.5 Å². The van der Waals surface area contributed by atoms with Crippen LogP contribution in [0.25, 0.3) is 6.08 Å². The first-order valence-electron chi connectivity index (χ1n) is 8.36. The van der Waals surface area contributed by atoms with Crippen molar-refractivity contribution in [2.24, 2.45) is 0 Å². The normalized spacial score (nSPS) is 11.0. The van der Waals surface area contributed by atoms with Gasteiger partial charge in [0.1, 0.15) is 0 Å². The number of para-hydroxylation sites is 1. The van der Waals surface area contributed by atoms with Crippen molar-refractivity contribution in [3.05, 3.63) is 70.3 Å². The summed E-state index contributed by atoms with van der Waals surface area (Å²) in [6.07, 6.45) is 2.87. The quantitative estimate of drug-likeness (QED) is 0.576. The van der Waals surface area contributed by atoms with Crippen LogP contribution in [0, 0.1) is 6.92 Å². The van der Waals surface area contributed by atoms with Gasteiger partial charge < -0.3 is 10.1 Å². The van der Waals surface area contributed by atoms with E-state index < -0.39 is 5.97 Å². The lowest BCUT2D eigenvalue weighted by Crippen LogP contribution is -2.21. The van der Waals surface area contributed by atoms with E-state index in [1.807, 2.05) is 57.2 Å². The van der Waals surface area contributed by atoms with Gasteiger partial charge in [-0.2, -0.15) is 0 Å². The zero-order valence-corrected chi connectivity index (χ0v) is 15.8. The molecule has 2 rings (SSSR count). The number of ether oxygens (including phenoxy) is 1. The van der Waals surface area contributed by atoms with Gasteiger partial charge in [-0.1, -0.05) is 55.8 Å². The van der Waals surface area contributed by atoms with E-state index in [0.717, 1.165) is 22.4 Å². The third-order valence-electron chi connectivity index (χ3n) is 3.81. The van der Waals surface area contributed by atoms with Gasteiger partial charge in [0, 0.05) is 16.8 Å². The molecule has 0 heterocycles. The topological polar surface area (TPSA) is 55.4 Å². The lowest BCUT2D eigenvalue weighted by Gasteiger charge is -2.13. The van der Waals surface area contributed by atoms with E-state index >= 15 is 0 Å². The van der Waals surface area contributed by atoms with E-state index in [1.165, 1.54) is 6.08 Å². The summed E-state index contributed by atoms with van der Waals surface area (Å²) >= 11 is 6.04. The molecule has 0 bridgehead atoms. The number of nitrogens with one attached hydrogen (secondary N) is 1. The fourth-order valence-corrected chi connectivity index (χ4v) is 2.55. The van der Waals surface area contributed by atoms with Crippen LogP contribution in [0.1, 0.15) is 36.5 Å².